The van der Waals surface area contributed by atoms with E-state index in [1.807, 2.05) is 0 Å². The van der Waals surface area contributed by atoms with Crippen molar-refractivity contribution in [2.24, 2.45) is 0 Å². The quantitative estimate of drug-likeness (QED) is 0.905. The van der Waals surface area contributed by atoms with Crippen LogP contribution < -0.4 is 5.32 Å². The molecule has 0 saturated carbocycles. The molecule has 1 saturated heterocycles. The van der Waals surface area contributed by atoms with E-state index < -0.39 is 0 Å². The van der Waals surface area contributed by atoms with Gasteiger partial charge in [0.05, 0.1) is 18.8 Å². The van der Waals surface area contributed by atoms with Crippen LogP contribution in [0.25, 0.3) is 0 Å². The van der Waals surface area contributed by atoms with Gasteiger partial charge in [-0.25, -0.2) is 0 Å². The Morgan fingerprint density at radius 2 is 2.15 bits per heavy atom. The lowest BCUT2D eigenvalue weighted by atomic mass is 10.0. The molecule has 0 radical (unpaired) electrons. The summed E-state index contributed by atoms with van der Waals surface area (Å²) in [4.78, 5) is 18.5. The molecule has 20 heavy (non-hydrogen) atoms. The van der Waals surface area contributed by atoms with Crippen LogP contribution in [0.15, 0.2) is 22.9 Å². The molecule has 6 heteroatoms. The van der Waals surface area contributed by atoms with Crippen molar-refractivity contribution in [3.8, 4) is 0 Å². The minimum Gasteiger partial charge on any atom is -0.379 e. The summed E-state index contributed by atoms with van der Waals surface area (Å²) in [5.74, 6) is -0.0971. The molecule has 1 aliphatic rings. The van der Waals surface area contributed by atoms with Crippen LogP contribution in [0, 0.1) is 0 Å². The molecule has 0 aromatic carbocycles. The second-order valence-corrected chi connectivity index (χ2v) is 6.40. The molecule has 0 aliphatic carbocycles. The van der Waals surface area contributed by atoms with Crippen LogP contribution in [-0.4, -0.2) is 54.2 Å². The number of hydrogen-bond donors (Lipinski definition) is 1. The second-order valence-electron chi connectivity index (χ2n) is 5.49. The molecule has 0 bridgehead atoms. The van der Waals surface area contributed by atoms with Crippen LogP contribution in [-0.2, 0) is 4.74 Å². The van der Waals surface area contributed by atoms with Gasteiger partial charge in [0, 0.05) is 42.0 Å². The van der Waals surface area contributed by atoms with E-state index in [9.17, 15) is 4.79 Å². The summed E-state index contributed by atoms with van der Waals surface area (Å²) in [5, 5.41) is 2.98. The van der Waals surface area contributed by atoms with Crippen molar-refractivity contribution in [1.29, 1.82) is 0 Å². The predicted molar refractivity (Wildman–Crippen MR) is 80.7 cm³/mol. The molecular formula is C14H20BrN3O2. The first-order chi connectivity index (χ1) is 9.49. The third kappa shape index (κ3) is 4.01. The molecule has 110 valence electrons. The third-order valence-electron chi connectivity index (χ3n) is 3.52. The Kier molecular flexibility index (Phi) is 5.12. The monoisotopic (exact) mass is 341 g/mol. The van der Waals surface area contributed by atoms with Crippen LogP contribution in [0.3, 0.4) is 0 Å². The fourth-order valence-corrected chi connectivity index (χ4v) is 2.58. The summed E-state index contributed by atoms with van der Waals surface area (Å²) < 4.78 is 6.16. The van der Waals surface area contributed by atoms with E-state index in [-0.39, 0.29) is 11.4 Å². The average molecular weight is 342 g/mol. The molecule has 1 amide bonds. The summed E-state index contributed by atoms with van der Waals surface area (Å²) in [6, 6.07) is 1.77. The predicted octanol–water partition coefficient (Wildman–Crippen LogP) is 1.68. The van der Waals surface area contributed by atoms with Gasteiger partial charge in [-0.05, 0) is 35.8 Å². The summed E-state index contributed by atoms with van der Waals surface area (Å²) in [5.41, 5.74) is 0.482. The number of nitrogens with zero attached hydrogens (tertiary/aromatic N) is 2. The van der Waals surface area contributed by atoms with Gasteiger partial charge in [0.2, 0.25) is 0 Å². The molecule has 1 fully saturated rings. The highest BCUT2D eigenvalue weighted by molar-refractivity contribution is 9.10. The van der Waals surface area contributed by atoms with Gasteiger partial charge in [-0.3, -0.25) is 14.7 Å². The maximum Gasteiger partial charge on any atom is 0.252 e. The average Bonchev–Trinajstić information content (AvgIpc) is 2.46. The molecule has 1 aliphatic heterocycles. The number of rotatable bonds is 4. The van der Waals surface area contributed by atoms with E-state index >= 15 is 0 Å². The van der Waals surface area contributed by atoms with Crippen molar-refractivity contribution >= 4 is 21.8 Å². The molecule has 5 nitrogen and oxygen atoms in total. The number of halogens is 1. The van der Waals surface area contributed by atoms with Crippen molar-refractivity contribution in [2.45, 2.75) is 19.4 Å². The van der Waals surface area contributed by atoms with Crippen LogP contribution in [0.5, 0.6) is 0 Å². The molecule has 0 atom stereocenters. The third-order valence-corrected chi connectivity index (χ3v) is 3.95. The number of morpholine rings is 1. The number of ether oxygens (including phenoxy) is 1. The first-order valence-electron chi connectivity index (χ1n) is 6.70. The zero-order valence-corrected chi connectivity index (χ0v) is 13.4. The minimum atomic E-state index is -0.0971. The fraction of sp³-hybridized carbons (Fsp3) is 0.571. The highest BCUT2D eigenvalue weighted by atomic mass is 79.9. The number of hydrogen-bond acceptors (Lipinski definition) is 4. The Bertz CT molecular complexity index is 473. The molecule has 2 heterocycles. The highest BCUT2D eigenvalue weighted by Crippen LogP contribution is 2.15. The molecular weight excluding hydrogens is 322 g/mol. The van der Waals surface area contributed by atoms with Gasteiger partial charge in [-0.1, -0.05) is 0 Å². The molecule has 1 aromatic rings. The minimum absolute atomic E-state index is 0.0844. The number of amides is 1. The van der Waals surface area contributed by atoms with Crippen LogP contribution in [0.2, 0.25) is 0 Å². The SMILES string of the molecule is CC(C)(CNC(=O)c1cncc(Br)c1)N1CCOCC1. The number of aromatic nitrogens is 1. The standard InChI is InChI=1S/C14H20BrN3O2/c1-14(2,18-3-5-20-6-4-18)10-17-13(19)11-7-12(15)9-16-8-11/h7-9H,3-6,10H2,1-2H3,(H,17,19). The first-order valence-corrected chi connectivity index (χ1v) is 7.50. The second kappa shape index (κ2) is 6.65. The first kappa shape index (κ1) is 15.4. The summed E-state index contributed by atoms with van der Waals surface area (Å²) in [7, 11) is 0. The topological polar surface area (TPSA) is 54.5 Å². The number of pyridine rings is 1. The van der Waals surface area contributed by atoms with Crippen molar-refractivity contribution in [3.63, 3.8) is 0 Å². The summed E-state index contributed by atoms with van der Waals surface area (Å²) in [6.45, 7) is 8.19. The van der Waals surface area contributed by atoms with Gasteiger partial charge >= 0.3 is 0 Å². The van der Waals surface area contributed by atoms with Crippen LogP contribution in [0.1, 0.15) is 24.2 Å². The lowest BCUT2D eigenvalue weighted by Gasteiger charge is -2.40. The zero-order valence-electron chi connectivity index (χ0n) is 11.9. The van der Waals surface area contributed by atoms with Gasteiger partial charge in [0.25, 0.3) is 5.91 Å². The van der Waals surface area contributed by atoms with E-state index in [1.165, 1.54) is 0 Å². The molecule has 0 spiro atoms. The smallest absolute Gasteiger partial charge is 0.252 e. The number of carbonyl (C=O) groups excluding carboxylic acids is 1. The van der Waals surface area contributed by atoms with Gasteiger partial charge in [-0.2, -0.15) is 0 Å². The Hall–Kier alpha value is -0.980. The van der Waals surface area contributed by atoms with Gasteiger partial charge < -0.3 is 10.1 Å². The van der Waals surface area contributed by atoms with Crippen molar-refractivity contribution in [1.82, 2.24) is 15.2 Å². The van der Waals surface area contributed by atoms with Crippen LogP contribution >= 0.6 is 15.9 Å². The van der Waals surface area contributed by atoms with E-state index in [0.29, 0.717) is 12.1 Å². The molecule has 1 aromatic heterocycles. The Labute approximate surface area is 127 Å². The largest absolute Gasteiger partial charge is 0.379 e. The number of carbonyl (C=O) groups is 1. The van der Waals surface area contributed by atoms with Crippen molar-refractivity contribution < 1.29 is 9.53 Å². The fourth-order valence-electron chi connectivity index (χ4n) is 2.22. The normalized spacial score (nSPS) is 16.9. The van der Waals surface area contributed by atoms with Crippen molar-refractivity contribution in [2.75, 3.05) is 32.8 Å². The maximum atomic E-state index is 12.1. The van der Waals surface area contributed by atoms with Crippen molar-refractivity contribution in [3.05, 3.63) is 28.5 Å². The lowest BCUT2D eigenvalue weighted by molar-refractivity contribution is -0.00923. The summed E-state index contributed by atoms with van der Waals surface area (Å²) >= 11 is 3.32. The molecule has 1 N–H and O–H groups in total. The molecule has 0 unspecified atom stereocenters. The van der Waals surface area contributed by atoms with Gasteiger partial charge in [0.1, 0.15) is 0 Å². The Morgan fingerprint density at radius 1 is 1.45 bits per heavy atom. The van der Waals surface area contributed by atoms with Gasteiger partial charge in [0.15, 0.2) is 0 Å². The van der Waals surface area contributed by atoms with E-state index in [0.717, 1.165) is 30.8 Å². The zero-order chi connectivity index (χ0) is 14.6. The Balaban J connectivity index is 1.91. The summed E-state index contributed by atoms with van der Waals surface area (Å²) in [6.07, 6.45) is 3.23. The molecule has 2 rings (SSSR count). The van der Waals surface area contributed by atoms with E-state index in [1.54, 1.807) is 18.5 Å². The van der Waals surface area contributed by atoms with E-state index in [4.69, 9.17) is 4.74 Å². The Morgan fingerprint density at radius 3 is 2.80 bits per heavy atom. The lowest BCUT2D eigenvalue weighted by Crippen LogP contribution is -2.55. The number of nitrogens with one attached hydrogen (secondary N) is 1. The van der Waals surface area contributed by atoms with Gasteiger partial charge in [-0.15, -0.1) is 0 Å². The highest BCUT2D eigenvalue weighted by Gasteiger charge is 2.28. The maximum absolute atomic E-state index is 12.1. The van der Waals surface area contributed by atoms with Crippen LogP contribution in [0.4, 0.5) is 0 Å². The van der Waals surface area contributed by atoms with E-state index in [2.05, 4.69) is 45.0 Å².